The molecule has 0 bridgehead atoms. The summed E-state index contributed by atoms with van der Waals surface area (Å²) >= 11 is 0. The SMILES string of the molecule is CCCNC(Cc1ccoc1)C1(OCC)CCOCC1. The van der Waals surface area contributed by atoms with Crippen molar-refractivity contribution in [2.45, 2.75) is 51.2 Å². The lowest BCUT2D eigenvalue weighted by molar-refractivity contribution is -0.126. The Labute approximate surface area is 121 Å². The monoisotopic (exact) mass is 281 g/mol. The Kier molecular flexibility index (Phi) is 6.07. The summed E-state index contributed by atoms with van der Waals surface area (Å²) in [5, 5.41) is 3.68. The highest BCUT2D eigenvalue weighted by Crippen LogP contribution is 2.31. The van der Waals surface area contributed by atoms with Crippen LogP contribution in [0.1, 0.15) is 38.7 Å². The van der Waals surface area contributed by atoms with Crippen molar-refractivity contribution in [3.05, 3.63) is 24.2 Å². The van der Waals surface area contributed by atoms with Gasteiger partial charge in [-0.05, 0) is 37.9 Å². The molecule has 0 aromatic carbocycles. The van der Waals surface area contributed by atoms with E-state index in [2.05, 4.69) is 19.2 Å². The normalized spacial score (nSPS) is 19.9. The molecule has 1 aliphatic rings. The third kappa shape index (κ3) is 3.84. The first-order chi connectivity index (χ1) is 9.80. The molecular weight excluding hydrogens is 254 g/mol. The van der Waals surface area contributed by atoms with Gasteiger partial charge >= 0.3 is 0 Å². The van der Waals surface area contributed by atoms with Gasteiger partial charge < -0.3 is 19.2 Å². The maximum atomic E-state index is 6.21. The zero-order valence-corrected chi connectivity index (χ0v) is 12.7. The van der Waals surface area contributed by atoms with Crippen LogP contribution in [-0.2, 0) is 15.9 Å². The molecule has 1 saturated heterocycles. The lowest BCUT2D eigenvalue weighted by Gasteiger charge is -2.43. The summed E-state index contributed by atoms with van der Waals surface area (Å²) < 4.78 is 16.9. The molecule has 0 radical (unpaired) electrons. The second-order valence-corrected chi connectivity index (χ2v) is 5.45. The summed E-state index contributed by atoms with van der Waals surface area (Å²) in [5.74, 6) is 0. The zero-order chi connectivity index (χ0) is 14.3. The van der Waals surface area contributed by atoms with Gasteiger partial charge in [0.15, 0.2) is 0 Å². The molecule has 1 aromatic rings. The Bertz CT molecular complexity index is 352. The molecule has 2 rings (SSSR count). The van der Waals surface area contributed by atoms with Crippen molar-refractivity contribution in [1.82, 2.24) is 5.32 Å². The second kappa shape index (κ2) is 7.81. The molecular formula is C16H27NO3. The Morgan fingerprint density at radius 2 is 2.15 bits per heavy atom. The lowest BCUT2D eigenvalue weighted by Crippen LogP contribution is -2.56. The molecule has 1 fully saturated rings. The van der Waals surface area contributed by atoms with E-state index in [-0.39, 0.29) is 5.60 Å². The smallest absolute Gasteiger partial charge is 0.0935 e. The highest BCUT2D eigenvalue weighted by atomic mass is 16.5. The van der Waals surface area contributed by atoms with E-state index in [1.54, 1.807) is 6.26 Å². The minimum Gasteiger partial charge on any atom is -0.472 e. The topological polar surface area (TPSA) is 43.6 Å². The highest BCUT2D eigenvalue weighted by Gasteiger charge is 2.40. The molecule has 1 aliphatic heterocycles. The first-order valence-electron chi connectivity index (χ1n) is 7.77. The van der Waals surface area contributed by atoms with Crippen molar-refractivity contribution in [2.75, 3.05) is 26.4 Å². The number of hydrogen-bond acceptors (Lipinski definition) is 4. The molecule has 4 nitrogen and oxygen atoms in total. The summed E-state index contributed by atoms with van der Waals surface area (Å²) in [4.78, 5) is 0. The van der Waals surface area contributed by atoms with E-state index in [4.69, 9.17) is 13.9 Å². The van der Waals surface area contributed by atoms with Gasteiger partial charge in [0, 0.05) is 38.7 Å². The average molecular weight is 281 g/mol. The summed E-state index contributed by atoms with van der Waals surface area (Å²) in [6, 6.07) is 2.35. The number of hydrogen-bond donors (Lipinski definition) is 1. The van der Waals surface area contributed by atoms with Gasteiger partial charge in [0.25, 0.3) is 0 Å². The third-order valence-electron chi connectivity index (χ3n) is 4.07. The summed E-state index contributed by atoms with van der Waals surface area (Å²) in [5.41, 5.74) is 1.11. The van der Waals surface area contributed by atoms with Crippen molar-refractivity contribution in [2.24, 2.45) is 0 Å². The predicted octanol–water partition coefficient (Wildman–Crippen LogP) is 2.78. The number of ether oxygens (including phenoxy) is 2. The van der Waals surface area contributed by atoms with Crippen LogP contribution < -0.4 is 5.32 Å². The van der Waals surface area contributed by atoms with Crippen LogP contribution in [0.3, 0.4) is 0 Å². The van der Waals surface area contributed by atoms with Crippen LogP contribution in [0.15, 0.2) is 23.0 Å². The molecule has 1 unspecified atom stereocenters. The molecule has 20 heavy (non-hydrogen) atoms. The summed E-state index contributed by atoms with van der Waals surface area (Å²) in [6.07, 6.45) is 7.56. The largest absolute Gasteiger partial charge is 0.472 e. The maximum absolute atomic E-state index is 6.21. The third-order valence-corrected chi connectivity index (χ3v) is 4.07. The van der Waals surface area contributed by atoms with Crippen molar-refractivity contribution in [1.29, 1.82) is 0 Å². The quantitative estimate of drug-likeness (QED) is 0.796. The minimum absolute atomic E-state index is 0.112. The van der Waals surface area contributed by atoms with Gasteiger partial charge in [-0.3, -0.25) is 0 Å². The molecule has 4 heteroatoms. The van der Waals surface area contributed by atoms with Gasteiger partial charge in [-0.1, -0.05) is 6.92 Å². The van der Waals surface area contributed by atoms with Crippen molar-refractivity contribution in [3.63, 3.8) is 0 Å². The van der Waals surface area contributed by atoms with E-state index >= 15 is 0 Å². The van der Waals surface area contributed by atoms with Gasteiger partial charge in [0.2, 0.25) is 0 Å². The highest BCUT2D eigenvalue weighted by molar-refractivity contribution is 5.11. The van der Waals surface area contributed by atoms with Crippen LogP contribution in [0.5, 0.6) is 0 Å². The van der Waals surface area contributed by atoms with E-state index in [0.29, 0.717) is 6.04 Å². The summed E-state index contributed by atoms with van der Waals surface area (Å²) in [7, 11) is 0. The van der Waals surface area contributed by atoms with Gasteiger partial charge in [-0.2, -0.15) is 0 Å². The Morgan fingerprint density at radius 1 is 1.35 bits per heavy atom. The van der Waals surface area contributed by atoms with Crippen LogP contribution in [0.25, 0.3) is 0 Å². The molecule has 1 aromatic heterocycles. The fraction of sp³-hybridized carbons (Fsp3) is 0.750. The number of nitrogens with one attached hydrogen (secondary N) is 1. The molecule has 0 saturated carbocycles. The average Bonchev–Trinajstić information content (AvgIpc) is 2.97. The molecule has 1 atom stereocenters. The second-order valence-electron chi connectivity index (χ2n) is 5.45. The van der Waals surface area contributed by atoms with E-state index in [0.717, 1.165) is 52.0 Å². The lowest BCUT2D eigenvalue weighted by atomic mass is 9.82. The van der Waals surface area contributed by atoms with Crippen LogP contribution >= 0.6 is 0 Å². The molecule has 0 spiro atoms. The molecule has 1 N–H and O–H groups in total. The molecule has 114 valence electrons. The Balaban J connectivity index is 2.12. The van der Waals surface area contributed by atoms with E-state index in [9.17, 15) is 0 Å². The van der Waals surface area contributed by atoms with Gasteiger partial charge in [-0.15, -0.1) is 0 Å². The van der Waals surface area contributed by atoms with Crippen molar-refractivity contribution in [3.8, 4) is 0 Å². The Morgan fingerprint density at radius 3 is 2.75 bits per heavy atom. The van der Waals surface area contributed by atoms with Crippen molar-refractivity contribution < 1.29 is 13.9 Å². The fourth-order valence-electron chi connectivity index (χ4n) is 3.01. The fourth-order valence-corrected chi connectivity index (χ4v) is 3.01. The summed E-state index contributed by atoms with van der Waals surface area (Å²) in [6.45, 7) is 7.60. The van der Waals surface area contributed by atoms with Crippen molar-refractivity contribution >= 4 is 0 Å². The first-order valence-corrected chi connectivity index (χ1v) is 7.77. The van der Waals surface area contributed by atoms with Crippen LogP contribution in [-0.4, -0.2) is 38.0 Å². The predicted molar refractivity (Wildman–Crippen MR) is 78.9 cm³/mol. The molecule has 0 amide bonds. The number of rotatable bonds is 8. The van der Waals surface area contributed by atoms with Crippen LogP contribution in [0.4, 0.5) is 0 Å². The Hall–Kier alpha value is -0.840. The number of furan rings is 1. The molecule has 0 aliphatic carbocycles. The zero-order valence-electron chi connectivity index (χ0n) is 12.7. The van der Waals surface area contributed by atoms with E-state index in [1.165, 1.54) is 5.56 Å². The van der Waals surface area contributed by atoms with Crippen LogP contribution in [0, 0.1) is 0 Å². The van der Waals surface area contributed by atoms with E-state index in [1.807, 2.05) is 12.3 Å². The molecule has 2 heterocycles. The van der Waals surface area contributed by atoms with Gasteiger partial charge in [-0.25, -0.2) is 0 Å². The van der Waals surface area contributed by atoms with Gasteiger partial charge in [0.1, 0.15) is 0 Å². The van der Waals surface area contributed by atoms with Crippen LogP contribution in [0.2, 0.25) is 0 Å². The first kappa shape index (κ1) is 15.5. The minimum atomic E-state index is -0.112. The van der Waals surface area contributed by atoms with Gasteiger partial charge in [0.05, 0.1) is 18.1 Å². The standard InChI is InChI=1S/C16H27NO3/c1-3-8-17-15(12-14-5-9-19-13-14)16(20-4-2)6-10-18-11-7-16/h5,9,13,15,17H,3-4,6-8,10-12H2,1-2H3. The van der Waals surface area contributed by atoms with E-state index < -0.39 is 0 Å². The maximum Gasteiger partial charge on any atom is 0.0935 e.